The number of hydrogen-bond donors (Lipinski definition) is 2. The Balaban J connectivity index is 2.74. The van der Waals surface area contributed by atoms with E-state index in [1.807, 2.05) is 0 Å². The summed E-state index contributed by atoms with van der Waals surface area (Å²) in [5.74, 6) is 0. The molecule has 2 N–H and O–H groups in total. The highest BCUT2D eigenvalue weighted by molar-refractivity contribution is 7.91. The number of ether oxygens (including phenoxy) is 1. The van der Waals surface area contributed by atoms with E-state index in [0.717, 1.165) is 4.88 Å². The maximum atomic E-state index is 12.0. The van der Waals surface area contributed by atoms with E-state index in [-0.39, 0.29) is 17.4 Å². The molecule has 0 saturated heterocycles. The van der Waals surface area contributed by atoms with Crippen molar-refractivity contribution in [2.75, 3.05) is 20.3 Å². The Bertz CT molecular complexity index is 479. The Labute approximate surface area is 112 Å². The third-order valence-corrected chi connectivity index (χ3v) is 5.54. The zero-order valence-electron chi connectivity index (χ0n) is 10.8. The van der Waals surface area contributed by atoms with E-state index < -0.39 is 15.6 Å². The van der Waals surface area contributed by atoms with Gasteiger partial charge in [-0.05, 0) is 26.0 Å². The zero-order valence-corrected chi connectivity index (χ0v) is 12.4. The number of nitrogens with one attached hydrogen (secondary N) is 1. The lowest BCUT2D eigenvalue weighted by molar-refractivity contribution is 0.0276. The monoisotopic (exact) mass is 293 g/mol. The first kappa shape index (κ1) is 15.6. The SMILES string of the molecule is COC(C)(C)CNS(=O)(=O)c1ccc(CCO)s1. The van der Waals surface area contributed by atoms with Gasteiger partial charge >= 0.3 is 0 Å². The summed E-state index contributed by atoms with van der Waals surface area (Å²) in [6, 6.07) is 3.27. The molecule has 0 saturated carbocycles. The average Bonchev–Trinajstić information content (AvgIpc) is 2.77. The fraction of sp³-hybridized carbons (Fsp3) is 0.636. The van der Waals surface area contributed by atoms with Gasteiger partial charge in [0.25, 0.3) is 0 Å². The fourth-order valence-corrected chi connectivity index (χ4v) is 3.75. The molecule has 0 bridgehead atoms. The highest BCUT2D eigenvalue weighted by Gasteiger charge is 2.22. The van der Waals surface area contributed by atoms with Gasteiger partial charge < -0.3 is 9.84 Å². The van der Waals surface area contributed by atoms with E-state index in [0.29, 0.717) is 6.42 Å². The second-order valence-corrected chi connectivity index (χ2v) is 7.64. The van der Waals surface area contributed by atoms with Crippen molar-refractivity contribution in [1.82, 2.24) is 4.72 Å². The largest absolute Gasteiger partial charge is 0.396 e. The van der Waals surface area contributed by atoms with Gasteiger partial charge in [0.1, 0.15) is 4.21 Å². The standard InChI is InChI=1S/C11H19NO4S2/c1-11(2,16-3)8-12-18(14,15)10-5-4-9(17-10)6-7-13/h4-5,12-13H,6-8H2,1-3H3. The number of hydrogen-bond acceptors (Lipinski definition) is 5. The minimum absolute atomic E-state index is 0.0180. The number of thiophene rings is 1. The van der Waals surface area contributed by atoms with Gasteiger partial charge in [-0.25, -0.2) is 13.1 Å². The van der Waals surface area contributed by atoms with Crippen molar-refractivity contribution in [3.05, 3.63) is 17.0 Å². The lowest BCUT2D eigenvalue weighted by atomic mass is 10.1. The molecule has 0 radical (unpaired) electrons. The quantitative estimate of drug-likeness (QED) is 0.786. The maximum absolute atomic E-state index is 12.0. The predicted molar refractivity (Wildman–Crippen MR) is 71.4 cm³/mol. The summed E-state index contributed by atoms with van der Waals surface area (Å²) >= 11 is 1.17. The van der Waals surface area contributed by atoms with Gasteiger partial charge in [0.2, 0.25) is 10.0 Å². The third-order valence-electron chi connectivity index (χ3n) is 2.50. The molecule has 0 aliphatic rings. The van der Waals surface area contributed by atoms with Crippen molar-refractivity contribution in [3.63, 3.8) is 0 Å². The fourth-order valence-electron chi connectivity index (χ4n) is 1.16. The first-order chi connectivity index (χ1) is 8.30. The summed E-state index contributed by atoms with van der Waals surface area (Å²) in [5, 5.41) is 8.80. The molecule has 7 heteroatoms. The maximum Gasteiger partial charge on any atom is 0.250 e. The molecular formula is C11H19NO4S2. The van der Waals surface area contributed by atoms with Gasteiger partial charge in [0.05, 0.1) is 5.60 Å². The first-order valence-corrected chi connectivity index (χ1v) is 7.85. The van der Waals surface area contributed by atoms with Gasteiger partial charge in [-0.2, -0.15) is 0 Å². The molecule has 0 atom stereocenters. The molecule has 0 aromatic carbocycles. The van der Waals surface area contributed by atoms with Crippen LogP contribution in [0.25, 0.3) is 0 Å². The van der Waals surface area contributed by atoms with Crippen LogP contribution in [-0.2, 0) is 21.2 Å². The Morgan fingerprint density at radius 2 is 2.11 bits per heavy atom. The predicted octanol–water partition coefficient (Wildman–Crippen LogP) is 0.986. The van der Waals surface area contributed by atoms with Gasteiger partial charge in [-0.3, -0.25) is 0 Å². The highest BCUT2D eigenvalue weighted by Crippen LogP contribution is 2.22. The van der Waals surface area contributed by atoms with Crippen LogP contribution in [-0.4, -0.2) is 39.4 Å². The normalized spacial score (nSPS) is 12.9. The van der Waals surface area contributed by atoms with Crippen molar-refractivity contribution in [2.45, 2.75) is 30.1 Å². The molecule has 1 rings (SSSR count). The minimum atomic E-state index is -3.49. The highest BCUT2D eigenvalue weighted by atomic mass is 32.2. The smallest absolute Gasteiger partial charge is 0.250 e. The van der Waals surface area contributed by atoms with Crippen molar-refractivity contribution < 1.29 is 18.3 Å². The molecule has 0 aliphatic heterocycles. The van der Waals surface area contributed by atoms with E-state index in [4.69, 9.17) is 9.84 Å². The van der Waals surface area contributed by atoms with Crippen molar-refractivity contribution >= 4 is 21.4 Å². The summed E-state index contributed by atoms with van der Waals surface area (Å²) in [5.41, 5.74) is -0.543. The summed E-state index contributed by atoms with van der Waals surface area (Å²) in [7, 11) is -1.95. The number of sulfonamides is 1. The molecule has 1 aromatic rings. The van der Waals surface area contributed by atoms with Crippen LogP contribution in [0.4, 0.5) is 0 Å². The average molecular weight is 293 g/mol. The molecule has 0 aliphatic carbocycles. The zero-order chi connectivity index (χ0) is 13.8. The number of aliphatic hydroxyl groups is 1. The van der Waals surface area contributed by atoms with Crippen molar-refractivity contribution in [2.24, 2.45) is 0 Å². The van der Waals surface area contributed by atoms with E-state index in [1.54, 1.807) is 33.1 Å². The molecule has 0 amide bonds. The van der Waals surface area contributed by atoms with E-state index in [1.165, 1.54) is 11.3 Å². The van der Waals surface area contributed by atoms with Crippen LogP contribution in [0.3, 0.4) is 0 Å². The van der Waals surface area contributed by atoms with Crippen LogP contribution in [0.2, 0.25) is 0 Å². The summed E-state index contributed by atoms with van der Waals surface area (Å²) in [6.45, 7) is 3.84. The summed E-state index contributed by atoms with van der Waals surface area (Å²) in [4.78, 5) is 0.851. The first-order valence-electron chi connectivity index (χ1n) is 5.55. The minimum Gasteiger partial charge on any atom is -0.396 e. The van der Waals surface area contributed by atoms with Crippen LogP contribution < -0.4 is 4.72 Å². The Kier molecular flexibility index (Phi) is 5.30. The molecule has 0 unspecified atom stereocenters. The second-order valence-electron chi connectivity index (χ2n) is 4.48. The molecule has 0 fully saturated rings. The Morgan fingerprint density at radius 1 is 1.44 bits per heavy atom. The van der Waals surface area contributed by atoms with Gasteiger partial charge in [0, 0.05) is 31.6 Å². The van der Waals surface area contributed by atoms with Crippen LogP contribution in [0.15, 0.2) is 16.3 Å². The van der Waals surface area contributed by atoms with E-state index in [2.05, 4.69) is 4.72 Å². The van der Waals surface area contributed by atoms with Gasteiger partial charge in [-0.1, -0.05) is 0 Å². The van der Waals surface area contributed by atoms with Crippen LogP contribution in [0.5, 0.6) is 0 Å². The van der Waals surface area contributed by atoms with Crippen molar-refractivity contribution in [1.29, 1.82) is 0 Å². The molecule has 5 nitrogen and oxygen atoms in total. The topological polar surface area (TPSA) is 75.6 Å². The Morgan fingerprint density at radius 3 is 2.67 bits per heavy atom. The lowest BCUT2D eigenvalue weighted by Crippen LogP contribution is -2.39. The lowest BCUT2D eigenvalue weighted by Gasteiger charge is -2.22. The number of aliphatic hydroxyl groups excluding tert-OH is 1. The van der Waals surface area contributed by atoms with Crippen LogP contribution in [0.1, 0.15) is 18.7 Å². The number of methoxy groups -OCH3 is 1. The van der Waals surface area contributed by atoms with Gasteiger partial charge in [-0.15, -0.1) is 11.3 Å². The Hall–Kier alpha value is -0.470. The summed E-state index contributed by atoms with van der Waals surface area (Å²) < 4.78 is 31.9. The molecule has 1 aromatic heterocycles. The van der Waals surface area contributed by atoms with E-state index >= 15 is 0 Å². The van der Waals surface area contributed by atoms with Gasteiger partial charge in [0.15, 0.2) is 0 Å². The number of rotatable bonds is 7. The molecule has 18 heavy (non-hydrogen) atoms. The molecule has 104 valence electrons. The van der Waals surface area contributed by atoms with Crippen molar-refractivity contribution in [3.8, 4) is 0 Å². The molecular weight excluding hydrogens is 274 g/mol. The van der Waals surface area contributed by atoms with E-state index in [9.17, 15) is 8.42 Å². The van der Waals surface area contributed by atoms with Crippen LogP contribution >= 0.6 is 11.3 Å². The molecule has 0 spiro atoms. The second kappa shape index (κ2) is 6.12. The van der Waals surface area contributed by atoms with Crippen LogP contribution in [0, 0.1) is 0 Å². The summed E-state index contributed by atoms with van der Waals surface area (Å²) in [6.07, 6.45) is 0.476. The molecule has 1 heterocycles. The third kappa shape index (κ3) is 4.33.